The summed E-state index contributed by atoms with van der Waals surface area (Å²) in [5, 5.41) is 7.95. The molecule has 1 atom stereocenters. The van der Waals surface area contributed by atoms with Crippen LogP contribution < -0.4 is 14.8 Å². The van der Waals surface area contributed by atoms with Gasteiger partial charge in [0.1, 0.15) is 0 Å². The highest BCUT2D eigenvalue weighted by atomic mass is 32.2. The van der Waals surface area contributed by atoms with Crippen molar-refractivity contribution in [3.05, 3.63) is 71.9 Å². The number of methoxy groups -OCH3 is 1. The summed E-state index contributed by atoms with van der Waals surface area (Å²) in [6, 6.07) is 10.8. The first-order valence-electron chi connectivity index (χ1n) is 11.0. The molecule has 13 heteroatoms. The molecule has 2 heterocycles. The molecule has 1 aromatic heterocycles. The molecule has 1 unspecified atom stereocenters. The molecule has 0 spiro atoms. The predicted molar refractivity (Wildman–Crippen MR) is 130 cm³/mol. The molecule has 1 aliphatic heterocycles. The number of ether oxygens (including phenoxy) is 2. The number of hydrazone groups is 1. The zero-order valence-corrected chi connectivity index (χ0v) is 20.4. The largest absolute Gasteiger partial charge is 0.573 e. The number of amides is 2. The van der Waals surface area contributed by atoms with Crippen LogP contribution in [0, 0.1) is 0 Å². The number of oxazole rings is 1. The van der Waals surface area contributed by atoms with Gasteiger partial charge in [0.15, 0.2) is 17.9 Å². The molecule has 0 fully saturated rings. The number of hydrogen-bond acceptors (Lipinski definition) is 8. The van der Waals surface area contributed by atoms with Crippen molar-refractivity contribution >= 4 is 34.3 Å². The van der Waals surface area contributed by atoms with Crippen LogP contribution >= 0.6 is 11.8 Å². The smallest absolute Gasteiger partial charge is 0.493 e. The number of carbonyl (C=O) groups excluding carboxylic acids is 2. The molecule has 194 valence electrons. The zero-order chi connectivity index (χ0) is 26.6. The van der Waals surface area contributed by atoms with Crippen LogP contribution in [0.25, 0.3) is 0 Å². The van der Waals surface area contributed by atoms with E-state index in [0.717, 1.165) is 29.8 Å². The lowest BCUT2D eigenvalue weighted by molar-refractivity contribution is -0.275. The molecule has 4 rings (SSSR count). The summed E-state index contributed by atoms with van der Waals surface area (Å²) < 4.78 is 52.2. The topological polar surface area (TPSA) is 106 Å². The summed E-state index contributed by atoms with van der Waals surface area (Å²) in [5.41, 5.74) is 2.30. The SMILES string of the molecule is CCC1SC(=O)N(Cc2ccc(NC(=O)c3cnco3)cc2)N=C1c1ccc(OC(F)(F)F)c(OC)c1. The van der Waals surface area contributed by atoms with E-state index in [2.05, 4.69) is 20.1 Å². The van der Waals surface area contributed by atoms with Crippen LogP contribution in [-0.2, 0) is 6.54 Å². The maximum absolute atomic E-state index is 12.8. The highest BCUT2D eigenvalue weighted by molar-refractivity contribution is 8.14. The molecule has 0 saturated heterocycles. The van der Waals surface area contributed by atoms with Crippen LogP contribution in [0.15, 0.2) is 64.6 Å². The number of hydrogen-bond donors (Lipinski definition) is 1. The van der Waals surface area contributed by atoms with Gasteiger partial charge in [-0.25, -0.2) is 9.99 Å². The van der Waals surface area contributed by atoms with Crippen molar-refractivity contribution in [3.63, 3.8) is 0 Å². The van der Waals surface area contributed by atoms with Crippen molar-refractivity contribution < 1.29 is 36.7 Å². The number of rotatable bonds is 8. The van der Waals surface area contributed by atoms with Gasteiger partial charge >= 0.3 is 11.6 Å². The number of nitrogens with one attached hydrogen (secondary N) is 1. The van der Waals surface area contributed by atoms with Crippen LogP contribution in [0.5, 0.6) is 11.5 Å². The fraction of sp³-hybridized carbons (Fsp3) is 0.250. The molecule has 0 saturated carbocycles. The number of alkyl halides is 3. The van der Waals surface area contributed by atoms with Gasteiger partial charge in [-0.1, -0.05) is 30.8 Å². The highest BCUT2D eigenvalue weighted by Crippen LogP contribution is 2.36. The van der Waals surface area contributed by atoms with E-state index in [-0.39, 0.29) is 28.5 Å². The van der Waals surface area contributed by atoms with Gasteiger partial charge in [-0.2, -0.15) is 5.10 Å². The molecule has 9 nitrogen and oxygen atoms in total. The molecular weight excluding hydrogens is 513 g/mol. The fourth-order valence-corrected chi connectivity index (χ4v) is 4.45. The lowest BCUT2D eigenvalue weighted by atomic mass is 10.0. The third-order valence-electron chi connectivity index (χ3n) is 5.24. The van der Waals surface area contributed by atoms with E-state index in [1.807, 2.05) is 6.92 Å². The summed E-state index contributed by atoms with van der Waals surface area (Å²) in [6.07, 6.45) is -1.83. The summed E-state index contributed by atoms with van der Waals surface area (Å²) in [6.45, 7) is 2.04. The average molecular weight is 535 g/mol. The molecule has 0 aliphatic carbocycles. The summed E-state index contributed by atoms with van der Waals surface area (Å²) in [5.74, 6) is -0.958. The molecule has 37 heavy (non-hydrogen) atoms. The summed E-state index contributed by atoms with van der Waals surface area (Å²) >= 11 is 1.09. The fourth-order valence-electron chi connectivity index (χ4n) is 3.52. The third-order valence-corrected chi connectivity index (χ3v) is 6.50. The van der Waals surface area contributed by atoms with E-state index < -0.39 is 18.0 Å². The second kappa shape index (κ2) is 10.9. The van der Waals surface area contributed by atoms with Crippen LogP contribution in [0.2, 0.25) is 0 Å². The number of carbonyl (C=O) groups is 2. The third kappa shape index (κ3) is 6.42. The highest BCUT2D eigenvalue weighted by Gasteiger charge is 2.34. The Bertz CT molecular complexity index is 1300. The monoisotopic (exact) mass is 534 g/mol. The van der Waals surface area contributed by atoms with Crippen LogP contribution in [-0.4, -0.2) is 45.6 Å². The molecule has 0 bridgehead atoms. The molecule has 1 N–H and O–H groups in total. The predicted octanol–water partition coefficient (Wildman–Crippen LogP) is 5.69. The van der Waals surface area contributed by atoms with Gasteiger partial charge in [0.2, 0.25) is 5.76 Å². The maximum Gasteiger partial charge on any atom is 0.573 e. The zero-order valence-electron chi connectivity index (χ0n) is 19.6. The first-order valence-corrected chi connectivity index (χ1v) is 11.8. The van der Waals surface area contributed by atoms with Crippen LogP contribution in [0.3, 0.4) is 0 Å². The number of thioether (sulfide) groups is 1. The molecular formula is C24H21F3N4O5S. The Morgan fingerprint density at radius 2 is 1.95 bits per heavy atom. The molecule has 2 amide bonds. The number of halogens is 3. The van der Waals surface area contributed by atoms with Crippen LogP contribution in [0.4, 0.5) is 23.7 Å². The number of aromatic nitrogens is 1. The summed E-state index contributed by atoms with van der Waals surface area (Å²) in [4.78, 5) is 28.6. The van der Waals surface area contributed by atoms with Crippen molar-refractivity contribution in [2.75, 3.05) is 12.4 Å². The normalized spacial score (nSPS) is 15.8. The lowest BCUT2D eigenvalue weighted by Crippen LogP contribution is -2.34. The Balaban J connectivity index is 1.53. The Hall–Kier alpha value is -4.00. The van der Waals surface area contributed by atoms with Gasteiger partial charge in [-0.05, 0) is 42.3 Å². The van der Waals surface area contributed by atoms with E-state index >= 15 is 0 Å². The Labute approximate surface area is 213 Å². The number of anilines is 1. The maximum atomic E-state index is 12.8. The molecule has 1 aliphatic rings. The van der Waals surface area contributed by atoms with E-state index in [1.165, 1.54) is 30.4 Å². The minimum atomic E-state index is -4.86. The first kappa shape index (κ1) is 26.1. The van der Waals surface area contributed by atoms with Crippen LogP contribution in [0.1, 0.15) is 35.0 Å². The first-order chi connectivity index (χ1) is 17.7. The Morgan fingerprint density at radius 1 is 1.19 bits per heavy atom. The van der Waals surface area contributed by atoms with Crippen molar-refractivity contribution in [1.29, 1.82) is 0 Å². The quantitative estimate of drug-likeness (QED) is 0.396. The van der Waals surface area contributed by atoms with E-state index in [1.54, 1.807) is 24.3 Å². The molecule has 2 aromatic carbocycles. The number of nitrogens with zero attached hydrogens (tertiary/aromatic N) is 3. The van der Waals surface area contributed by atoms with Crippen molar-refractivity contribution in [3.8, 4) is 11.5 Å². The van der Waals surface area contributed by atoms with Gasteiger partial charge < -0.3 is 19.2 Å². The van der Waals surface area contributed by atoms with Gasteiger partial charge in [0, 0.05) is 11.3 Å². The van der Waals surface area contributed by atoms with Crippen molar-refractivity contribution in [2.45, 2.75) is 31.5 Å². The second-order valence-electron chi connectivity index (χ2n) is 7.75. The number of benzene rings is 2. The standard InChI is InChI=1S/C24H21F3N4O5S/c1-3-20-21(15-6-9-17(18(10-15)34-2)36-24(25,26)27)30-31(23(33)37-20)12-14-4-7-16(8-5-14)29-22(32)19-11-28-13-35-19/h4-11,13,20H,3,12H2,1-2H3,(H,29,32). The minimum absolute atomic E-state index is 0.0713. The van der Waals surface area contributed by atoms with Crippen molar-refractivity contribution in [1.82, 2.24) is 9.99 Å². The molecule has 0 radical (unpaired) electrons. The van der Waals surface area contributed by atoms with Gasteiger partial charge in [0.05, 0.1) is 30.8 Å². The minimum Gasteiger partial charge on any atom is -0.493 e. The van der Waals surface area contributed by atoms with E-state index in [9.17, 15) is 22.8 Å². The van der Waals surface area contributed by atoms with Gasteiger partial charge in [0.25, 0.3) is 5.91 Å². The summed E-state index contributed by atoms with van der Waals surface area (Å²) in [7, 11) is 1.24. The lowest BCUT2D eigenvalue weighted by Gasteiger charge is -2.28. The van der Waals surface area contributed by atoms with E-state index in [0.29, 0.717) is 23.4 Å². The Kier molecular flexibility index (Phi) is 7.71. The Morgan fingerprint density at radius 3 is 2.57 bits per heavy atom. The van der Waals surface area contributed by atoms with Gasteiger partial charge in [-0.15, -0.1) is 13.2 Å². The van der Waals surface area contributed by atoms with Gasteiger partial charge in [-0.3, -0.25) is 9.59 Å². The second-order valence-corrected chi connectivity index (χ2v) is 8.91. The molecule has 3 aromatic rings. The average Bonchev–Trinajstić information content (AvgIpc) is 3.41. The van der Waals surface area contributed by atoms with E-state index in [4.69, 9.17) is 9.15 Å². The van der Waals surface area contributed by atoms with Crippen molar-refractivity contribution in [2.24, 2.45) is 5.10 Å².